The summed E-state index contributed by atoms with van der Waals surface area (Å²) in [5.74, 6) is -0.773. The van der Waals surface area contributed by atoms with Crippen LogP contribution in [0.2, 0.25) is 0 Å². The highest BCUT2D eigenvalue weighted by molar-refractivity contribution is 6.46. The lowest BCUT2D eigenvalue weighted by atomic mass is 9.84. The van der Waals surface area contributed by atoms with Gasteiger partial charge in [0.25, 0.3) is 11.7 Å². The van der Waals surface area contributed by atoms with Crippen molar-refractivity contribution in [1.82, 2.24) is 4.90 Å². The Morgan fingerprint density at radius 3 is 2.39 bits per heavy atom. The van der Waals surface area contributed by atoms with Gasteiger partial charge in [0.1, 0.15) is 11.5 Å². The van der Waals surface area contributed by atoms with Crippen LogP contribution in [0.1, 0.15) is 56.3 Å². The number of hydrogen-bond donors (Lipinski definition) is 1. The minimum atomic E-state index is -0.703. The zero-order valence-electron chi connectivity index (χ0n) is 22.0. The monoisotopic (exact) mass is 492 g/mol. The third-order valence-electron chi connectivity index (χ3n) is 6.97. The average Bonchev–Trinajstić information content (AvgIpc) is 3.45. The van der Waals surface area contributed by atoms with E-state index < -0.39 is 17.7 Å². The zero-order chi connectivity index (χ0) is 26.2. The lowest BCUT2D eigenvalue weighted by Crippen LogP contribution is -2.36. The van der Waals surface area contributed by atoms with Crippen LogP contribution < -0.4 is 9.64 Å². The minimum absolute atomic E-state index is 0.0978. The second-order valence-electron chi connectivity index (χ2n) is 10.7. The van der Waals surface area contributed by atoms with E-state index in [2.05, 4.69) is 20.8 Å². The smallest absolute Gasteiger partial charge is 0.295 e. The Balaban J connectivity index is 1.85. The number of methoxy groups -OCH3 is 1. The van der Waals surface area contributed by atoms with Crippen molar-refractivity contribution in [2.75, 3.05) is 39.3 Å². The Bertz CT molecular complexity index is 1170. The first-order valence-electron chi connectivity index (χ1n) is 12.4. The van der Waals surface area contributed by atoms with E-state index in [0.29, 0.717) is 24.5 Å². The predicted molar refractivity (Wildman–Crippen MR) is 140 cm³/mol. The topological polar surface area (TPSA) is 79.3 Å². The number of aliphatic hydroxyl groups is 1. The van der Waals surface area contributed by atoms with Crippen molar-refractivity contribution < 1.29 is 24.2 Å². The molecular formula is C29H36N2O5. The molecule has 2 aliphatic rings. The van der Waals surface area contributed by atoms with E-state index in [4.69, 9.17) is 9.47 Å². The number of amides is 1. The number of carbonyl (C=O) groups excluding carboxylic acids is 2. The summed E-state index contributed by atoms with van der Waals surface area (Å²) in [6.07, 6.45) is 1.64. The predicted octanol–water partition coefficient (Wildman–Crippen LogP) is 4.66. The van der Waals surface area contributed by atoms with E-state index in [1.807, 2.05) is 49.3 Å². The third-order valence-corrected chi connectivity index (χ3v) is 6.97. The molecule has 1 N–H and O–H groups in total. The number of ether oxygens (including phenoxy) is 2. The Hall–Kier alpha value is -3.32. The van der Waals surface area contributed by atoms with Crippen molar-refractivity contribution in [3.63, 3.8) is 0 Å². The fraction of sp³-hybridized carbons (Fsp3) is 0.448. The fourth-order valence-corrected chi connectivity index (χ4v) is 4.97. The molecule has 0 bridgehead atoms. The number of carbonyl (C=O) groups is 2. The summed E-state index contributed by atoms with van der Waals surface area (Å²) in [5, 5.41) is 11.5. The van der Waals surface area contributed by atoms with Gasteiger partial charge in [0.15, 0.2) is 0 Å². The van der Waals surface area contributed by atoms with Crippen molar-refractivity contribution >= 4 is 23.1 Å². The molecule has 7 heteroatoms. The summed E-state index contributed by atoms with van der Waals surface area (Å²) in [4.78, 5) is 30.2. The molecule has 0 spiro atoms. The minimum Gasteiger partial charge on any atom is -0.507 e. The van der Waals surface area contributed by atoms with Gasteiger partial charge in [0.05, 0.1) is 24.8 Å². The third kappa shape index (κ3) is 4.85. The Kier molecular flexibility index (Phi) is 7.14. The molecule has 2 aromatic carbocycles. The van der Waals surface area contributed by atoms with Crippen LogP contribution in [-0.2, 0) is 19.7 Å². The number of rotatable bonds is 6. The van der Waals surface area contributed by atoms with E-state index in [0.717, 1.165) is 29.7 Å². The maximum atomic E-state index is 13.4. The molecule has 7 nitrogen and oxygen atoms in total. The van der Waals surface area contributed by atoms with Gasteiger partial charge in [-0.25, -0.2) is 0 Å². The standard InChI is InChI=1S/C29H36N2O5/c1-29(2,3)22-16-19(11-14-23(22)35-6)26(32)24-25(18-9-12-20(13-10-18)30(4)5)31(28(34)27(24)33)17-21-8-7-15-36-21/h9-14,16,21,25,32H,7-8,15,17H2,1-6H3/b26-24-. The van der Waals surface area contributed by atoms with Crippen molar-refractivity contribution in [3.05, 3.63) is 64.7 Å². The number of hydrogen-bond acceptors (Lipinski definition) is 6. The summed E-state index contributed by atoms with van der Waals surface area (Å²) >= 11 is 0. The normalized spacial score (nSPS) is 21.8. The number of benzene rings is 2. The van der Waals surface area contributed by atoms with Crippen LogP contribution in [0.15, 0.2) is 48.0 Å². The van der Waals surface area contributed by atoms with Crippen LogP contribution in [0.5, 0.6) is 5.75 Å². The molecule has 0 aromatic heterocycles. The second-order valence-corrected chi connectivity index (χ2v) is 10.7. The molecule has 192 valence electrons. The van der Waals surface area contributed by atoms with Gasteiger partial charge in [-0.3, -0.25) is 9.59 Å². The number of likely N-dealkylation sites (tertiary alicyclic amines) is 1. The van der Waals surface area contributed by atoms with Gasteiger partial charge in [0.2, 0.25) is 0 Å². The molecule has 0 radical (unpaired) electrons. The van der Waals surface area contributed by atoms with Crippen LogP contribution in [0.4, 0.5) is 5.69 Å². The first kappa shape index (κ1) is 25.8. The Morgan fingerprint density at radius 2 is 1.83 bits per heavy atom. The SMILES string of the molecule is COc1ccc(/C(O)=C2/C(=O)C(=O)N(CC3CCCO3)C2c2ccc(N(C)C)cc2)cc1C(C)(C)C. The number of aliphatic hydroxyl groups excluding tert-OH is 1. The Labute approximate surface area is 213 Å². The van der Waals surface area contributed by atoms with Crippen molar-refractivity contribution in [2.45, 2.75) is 51.2 Å². The van der Waals surface area contributed by atoms with Gasteiger partial charge in [-0.15, -0.1) is 0 Å². The largest absolute Gasteiger partial charge is 0.507 e. The molecule has 1 amide bonds. The summed E-state index contributed by atoms with van der Waals surface area (Å²) in [5.41, 5.74) is 2.99. The van der Waals surface area contributed by atoms with Crippen molar-refractivity contribution in [3.8, 4) is 5.75 Å². The van der Waals surface area contributed by atoms with E-state index in [1.54, 1.807) is 24.1 Å². The molecule has 2 aromatic rings. The summed E-state index contributed by atoms with van der Waals surface area (Å²) in [6, 6.07) is 12.4. The van der Waals surface area contributed by atoms with Crippen LogP contribution in [0, 0.1) is 0 Å². The first-order valence-corrected chi connectivity index (χ1v) is 12.4. The zero-order valence-corrected chi connectivity index (χ0v) is 22.0. The van der Waals surface area contributed by atoms with Crippen LogP contribution in [0.3, 0.4) is 0 Å². The summed E-state index contributed by atoms with van der Waals surface area (Å²) in [7, 11) is 5.52. The van der Waals surface area contributed by atoms with E-state index >= 15 is 0 Å². The molecule has 2 unspecified atom stereocenters. The van der Waals surface area contributed by atoms with Crippen LogP contribution in [-0.4, -0.2) is 62.2 Å². The number of Topliss-reactive ketones (excluding diaryl/α,β-unsaturated/α-hetero) is 1. The molecular weight excluding hydrogens is 456 g/mol. The van der Waals surface area contributed by atoms with Gasteiger partial charge < -0.3 is 24.4 Å². The number of anilines is 1. The highest BCUT2D eigenvalue weighted by Crippen LogP contribution is 2.42. The molecule has 36 heavy (non-hydrogen) atoms. The lowest BCUT2D eigenvalue weighted by Gasteiger charge is -2.28. The molecule has 0 aliphatic carbocycles. The highest BCUT2D eigenvalue weighted by Gasteiger charge is 2.47. The molecule has 2 aliphatic heterocycles. The molecule has 2 heterocycles. The number of nitrogens with zero attached hydrogens (tertiary/aromatic N) is 2. The second kappa shape index (κ2) is 9.97. The van der Waals surface area contributed by atoms with Gasteiger partial charge in [-0.2, -0.15) is 0 Å². The maximum Gasteiger partial charge on any atom is 0.295 e. The quantitative estimate of drug-likeness (QED) is 0.359. The lowest BCUT2D eigenvalue weighted by molar-refractivity contribution is -0.140. The van der Waals surface area contributed by atoms with Gasteiger partial charge in [-0.1, -0.05) is 32.9 Å². The summed E-state index contributed by atoms with van der Waals surface area (Å²) in [6.45, 7) is 7.13. The van der Waals surface area contributed by atoms with Crippen LogP contribution in [0.25, 0.3) is 5.76 Å². The maximum absolute atomic E-state index is 13.4. The molecule has 0 saturated carbocycles. The van der Waals surface area contributed by atoms with Gasteiger partial charge in [-0.05, 0) is 54.2 Å². The van der Waals surface area contributed by atoms with E-state index in [-0.39, 0.29) is 22.9 Å². The molecule has 4 rings (SSSR count). The van der Waals surface area contributed by atoms with Crippen molar-refractivity contribution in [2.24, 2.45) is 0 Å². The Morgan fingerprint density at radius 1 is 1.14 bits per heavy atom. The molecule has 2 saturated heterocycles. The van der Waals surface area contributed by atoms with E-state index in [1.165, 1.54) is 0 Å². The first-order chi connectivity index (χ1) is 17.0. The highest BCUT2D eigenvalue weighted by atomic mass is 16.5. The summed E-state index contributed by atoms with van der Waals surface area (Å²) < 4.78 is 11.3. The fourth-order valence-electron chi connectivity index (χ4n) is 4.97. The number of ketones is 1. The van der Waals surface area contributed by atoms with Crippen LogP contribution >= 0.6 is 0 Å². The van der Waals surface area contributed by atoms with Crippen molar-refractivity contribution in [1.29, 1.82) is 0 Å². The van der Waals surface area contributed by atoms with E-state index in [9.17, 15) is 14.7 Å². The molecule has 2 fully saturated rings. The molecule has 2 atom stereocenters. The van der Waals surface area contributed by atoms with Gasteiger partial charge >= 0.3 is 0 Å². The average molecular weight is 493 g/mol. The van der Waals surface area contributed by atoms with Gasteiger partial charge in [0, 0.05) is 44.1 Å².